The number of thiophene rings is 1. The van der Waals surface area contributed by atoms with Gasteiger partial charge in [0.1, 0.15) is 6.54 Å². The second-order valence-corrected chi connectivity index (χ2v) is 6.23. The molecular weight excluding hydrogens is 274 g/mol. The zero-order valence-electron chi connectivity index (χ0n) is 11.6. The molecule has 1 aromatic heterocycles. The summed E-state index contributed by atoms with van der Waals surface area (Å²) in [6, 6.07) is 0. The standard InChI is InChI=1S/C15H19NO3S/c1-3-6-16(8-14(17)18)15(19)12-9-20-13-7-10(2)4-5-11(12)13/h3,9-10H,1,4-8H2,2H3,(H,17,18). The first-order chi connectivity index (χ1) is 9.52. The van der Waals surface area contributed by atoms with Crippen LogP contribution in [0.15, 0.2) is 18.0 Å². The van der Waals surface area contributed by atoms with E-state index >= 15 is 0 Å². The Morgan fingerprint density at radius 3 is 3.00 bits per heavy atom. The molecule has 0 radical (unpaired) electrons. The third kappa shape index (κ3) is 3.10. The molecule has 0 bridgehead atoms. The summed E-state index contributed by atoms with van der Waals surface area (Å²) in [6.07, 6.45) is 4.58. The van der Waals surface area contributed by atoms with E-state index in [2.05, 4.69) is 13.5 Å². The van der Waals surface area contributed by atoms with Gasteiger partial charge < -0.3 is 10.0 Å². The molecule has 20 heavy (non-hydrogen) atoms. The van der Waals surface area contributed by atoms with Gasteiger partial charge in [0.25, 0.3) is 5.91 Å². The number of carbonyl (C=O) groups is 2. The van der Waals surface area contributed by atoms with Crippen LogP contribution in [0, 0.1) is 5.92 Å². The summed E-state index contributed by atoms with van der Waals surface area (Å²) in [5.41, 5.74) is 1.80. The lowest BCUT2D eigenvalue weighted by molar-refractivity contribution is -0.137. The second kappa shape index (κ2) is 6.22. The minimum absolute atomic E-state index is 0.195. The lowest BCUT2D eigenvalue weighted by Crippen LogP contribution is -2.36. The number of nitrogens with zero attached hydrogens (tertiary/aromatic N) is 1. The molecule has 0 saturated carbocycles. The molecule has 1 N–H and O–H groups in total. The molecule has 4 nitrogen and oxygen atoms in total. The van der Waals surface area contributed by atoms with Crippen LogP contribution in [-0.4, -0.2) is 35.0 Å². The van der Waals surface area contributed by atoms with E-state index in [-0.39, 0.29) is 19.0 Å². The fourth-order valence-electron chi connectivity index (χ4n) is 2.57. The number of amides is 1. The summed E-state index contributed by atoms with van der Waals surface area (Å²) in [7, 11) is 0. The van der Waals surface area contributed by atoms with Crippen LogP contribution < -0.4 is 0 Å². The molecule has 0 aliphatic heterocycles. The summed E-state index contributed by atoms with van der Waals surface area (Å²) < 4.78 is 0. The summed E-state index contributed by atoms with van der Waals surface area (Å²) in [6.45, 7) is 5.78. The van der Waals surface area contributed by atoms with Gasteiger partial charge in [0.2, 0.25) is 0 Å². The number of carboxylic acid groups (broad SMARTS) is 1. The highest BCUT2D eigenvalue weighted by Gasteiger charge is 2.26. The number of hydrogen-bond donors (Lipinski definition) is 1. The third-order valence-corrected chi connectivity index (χ3v) is 4.65. The number of carbonyl (C=O) groups excluding carboxylic acids is 1. The molecule has 0 fully saturated rings. The van der Waals surface area contributed by atoms with Crippen molar-refractivity contribution in [2.75, 3.05) is 13.1 Å². The van der Waals surface area contributed by atoms with E-state index in [1.165, 1.54) is 9.78 Å². The van der Waals surface area contributed by atoms with E-state index in [0.717, 1.165) is 24.8 Å². The Morgan fingerprint density at radius 2 is 2.35 bits per heavy atom. The first kappa shape index (κ1) is 14.8. The highest BCUT2D eigenvalue weighted by molar-refractivity contribution is 7.10. The van der Waals surface area contributed by atoms with Crippen molar-refractivity contribution < 1.29 is 14.7 Å². The molecular formula is C15H19NO3S. The first-order valence-electron chi connectivity index (χ1n) is 6.74. The molecule has 0 saturated heterocycles. The van der Waals surface area contributed by atoms with Gasteiger partial charge >= 0.3 is 5.97 Å². The van der Waals surface area contributed by atoms with E-state index in [4.69, 9.17) is 5.11 Å². The van der Waals surface area contributed by atoms with Crippen molar-refractivity contribution in [1.29, 1.82) is 0 Å². The van der Waals surface area contributed by atoms with Gasteiger partial charge in [-0.1, -0.05) is 13.0 Å². The molecule has 2 rings (SSSR count). The molecule has 1 aliphatic rings. The van der Waals surface area contributed by atoms with Crippen molar-refractivity contribution in [1.82, 2.24) is 4.90 Å². The smallest absolute Gasteiger partial charge is 0.323 e. The minimum Gasteiger partial charge on any atom is -0.480 e. The highest BCUT2D eigenvalue weighted by atomic mass is 32.1. The molecule has 0 spiro atoms. The molecule has 1 amide bonds. The van der Waals surface area contributed by atoms with Gasteiger partial charge in [-0.3, -0.25) is 9.59 Å². The maximum atomic E-state index is 12.5. The van der Waals surface area contributed by atoms with E-state index in [1.54, 1.807) is 17.4 Å². The van der Waals surface area contributed by atoms with Gasteiger partial charge in [-0.15, -0.1) is 17.9 Å². The van der Waals surface area contributed by atoms with E-state index in [9.17, 15) is 9.59 Å². The Hall–Kier alpha value is -1.62. The zero-order valence-corrected chi connectivity index (χ0v) is 12.4. The molecule has 1 aliphatic carbocycles. The van der Waals surface area contributed by atoms with Crippen molar-refractivity contribution in [3.05, 3.63) is 34.0 Å². The summed E-state index contributed by atoms with van der Waals surface area (Å²) in [5.74, 6) is -0.537. The lowest BCUT2D eigenvalue weighted by Gasteiger charge is -2.22. The topological polar surface area (TPSA) is 57.6 Å². The monoisotopic (exact) mass is 293 g/mol. The minimum atomic E-state index is -1.00. The number of aliphatic carboxylic acids is 1. The van der Waals surface area contributed by atoms with Crippen LogP contribution in [0.25, 0.3) is 0 Å². The molecule has 1 atom stereocenters. The molecule has 1 heterocycles. The average molecular weight is 293 g/mol. The van der Waals surface area contributed by atoms with E-state index in [1.807, 2.05) is 5.38 Å². The van der Waals surface area contributed by atoms with Crippen LogP contribution in [0.2, 0.25) is 0 Å². The predicted octanol–water partition coefficient (Wildman–Crippen LogP) is 2.59. The van der Waals surface area contributed by atoms with Crippen molar-refractivity contribution in [3.8, 4) is 0 Å². The van der Waals surface area contributed by atoms with Gasteiger partial charge in [0.05, 0.1) is 5.56 Å². The normalized spacial score (nSPS) is 17.4. The van der Waals surface area contributed by atoms with Crippen molar-refractivity contribution >= 4 is 23.2 Å². The largest absolute Gasteiger partial charge is 0.480 e. The SMILES string of the molecule is C=CCN(CC(=O)O)C(=O)c1csc2c1CCC(C)C2. The van der Waals surface area contributed by atoms with Gasteiger partial charge in [0.15, 0.2) is 0 Å². The molecule has 108 valence electrons. The Balaban J connectivity index is 2.23. The summed E-state index contributed by atoms with van der Waals surface area (Å²) >= 11 is 1.62. The Bertz CT molecular complexity index is 535. The van der Waals surface area contributed by atoms with Crippen LogP contribution in [-0.2, 0) is 17.6 Å². The van der Waals surface area contributed by atoms with Crippen LogP contribution in [0.5, 0.6) is 0 Å². The average Bonchev–Trinajstić information content (AvgIpc) is 2.79. The molecule has 1 aromatic rings. The van der Waals surface area contributed by atoms with Crippen LogP contribution in [0.3, 0.4) is 0 Å². The first-order valence-corrected chi connectivity index (χ1v) is 7.62. The third-order valence-electron chi connectivity index (χ3n) is 3.59. The fraction of sp³-hybridized carbons (Fsp3) is 0.467. The summed E-state index contributed by atoms with van der Waals surface area (Å²) in [4.78, 5) is 26.0. The number of hydrogen-bond acceptors (Lipinski definition) is 3. The van der Waals surface area contributed by atoms with Gasteiger partial charge in [-0.2, -0.15) is 0 Å². The Kier molecular flexibility index (Phi) is 4.60. The number of rotatable bonds is 5. The van der Waals surface area contributed by atoms with Gasteiger partial charge in [-0.25, -0.2) is 0 Å². The highest BCUT2D eigenvalue weighted by Crippen LogP contribution is 2.33. The molecule has 1 unspecified atom stereocenters. The maximum absolute atomic E-state index is 12.5. The van der Waals surface area contributed by atoms with E-state index < -0.39 is 5.97 Å². The van der Waals surface area contributed by atoms with Crippen LogP contribution in [0.4, 0.5) is 0 Å². The van der Waals surface area contributed by atoms with Gasteiger partial charge in [-0.05, 0) is 30.7 Å². The number of fused-ring (bicyclic) bond motifs is 1. The zero-order chi connectivity index (χ0) is 14.7. The predicted molar refractivity (Wildman–Crippen MR) is 79.2 cm³/mol. The summed E-state index contributed by atoms with van der Waals surface area (Å²) in [5, 5.41) is 10.8. The van der Waals surface area contributed by atoms with Crippen molar-refractivity contribution in [2.45, 2.75) is 26.2 Å². The van der Waals surface area contributed by atoms with Crippen molar-refractivity contribution in [3.63, 3.8) is 0 Å². The van der Waals surface area contributed by atoms with Crippen LogP contribution in [0.1, 0.15) is 34.1 Å². The molecule has 0 aromatic carbocycles. The molecule has 5 heteroatoms. The van der Waals surface area contributed by atoms with Crippen LogP contribution >= 0.6 is 11.3 Å². The maximum Gasteiger partial charge on any atom is 0.323 e. The van der Waals surface area contributed by atoms with Gasteiger partial charge in [0, 0.05) is 16.8 Å². The fourth-order valence-corrected chi connectivity index (χ4v) is 3.80. The Labute approximate surface area is 122 Å². The van der Waals surface area contributed by atoms with E-state index in [0.29, 0.717) is 11.5 Å². The Morgan fingerprint density at radius 1 is 1.60 bits per heavy atom. The number of carboxylic acids is 1. The lowest BCUT2D eigenvalue weighted by atomic mass is 9.88. The quantitative estimate of drug-likeness (QED) is 0.849. The van der Waals surface area contributed by atoms with Crippen molar-refractivity contribution in [2.24, 2.45) is 5.92 Å². The second-order valence-electron chi connectivity index (χ2n) is 5.27.